The number of nitrogens with zero attached hydrogens (tertiary/aromatic N) is 1. The summed E-state index contributed by atoms with van der Waals surface area (Å²) in [7, 11) is 0.337. The van der Waals surface area contributed by atoms with Gasteiger partial charge in [-0.25, -0.2) is 8.42 Å². The molecule has 0 aliphatic heterocycles. The molecule has 6 aromatic carbocycles. The molecule has 2 atom stereocenters. The van der Waals surface area contributed by atoms with Crippen LogP contribution in [0.5, 0.6) is 34.5 Å². The van der Waals surface area contributed by atoms with Gasteiger partial charge in [0.25, 0.3) is 0 Å². The van der Waals surface area contributed by atoms with Gasteiger partial charge in [-0.2, -0.15) is 0 Å². The van der Waals surface area contributed by atoms with Gasteiger partial charge < -0.3 is 32.1 Å². The maximum Gasteiger partial charge on any atom is 0.139 e. The summed E-state index contributed by atoms with van der Waals surface area (Å²) >= 11 is 1.82. The summed E-state index contributed by atoms with van der Waals surface area (Å²) in [4.78, 5) is 0. The second-order valence-corrected chi connectivity index (χ2v) is 12.4. The standard InChI is InChI=1S/C39H32N2O5S.CH3.ClH.Ru/c40-38(29-16-6-1-7-17-29)39(30-18-8-2-9-19-30)41-47(42,43)28-35-36(45-32-22-12-4-13-23-32)26-34(44-31-20-10-3-11-21-31)27-37(35)46-33-24-14-5-15-25-33;;;/h1-27,38-40H,28H2;1H3;1H;/q-2;-1;;+4/p-1. The van der Waals surface area contributed by atoms with Crippen molar-refractivity contribution in [2.24, 2.45) is 0 Å². The molecule has 0 spiro atoms. The van der Waals surface area contributed by atoms with Gasteiger partial charge in [-0.1, -0.05) is 126 Å². The second kappa shape index (κ2) is 19.0. The number of nitrogens with one attached hydrogen (secondary N) is 1. The van der Waals surface area contributed by atoms with Gasteiger partial charge in [0.2, 0.25) is 0 Å². The minimum absolute atomic E-state index is 0. The Hall–Kier alpha value is -4.50. The molecule has 0 amide bonds. The Morgan fingerprint density at radius 3 is 1.34 bits per heavy atom. The van der Waals surface area contributed by atoms with Crippen LogP contribution in [0, 0.1) is 7.43 Å². The Morgan fingerprint density at radius 2 is 0.920 bits per heavy atom. The van der Waals surface area contributed by atoms with E-state index in [9.17, 15) is 8.42 Å². The van der Waals surface area contributed by atoms with E-state index in [1.54, 1.807) is 60.7 Å². The molecule has 0 aliphatic rings. The molecule has 7 nitrogen and oxygen atoms in total. The average Bonchev–Trinajstić information content (AvgIpc) is 3.14. The van der Waals surface area contributed by atoms with Crippen LogP contribution in [0.2, 0.25) is 0 Å². The van der Waals surface area contributed by atoms with Crippen molar-refractivity contribution in [3.05, 3.63) is 198 Å². The molecule has 6 rings (SSSR count). The third kappa shape index (κ3) is 10.7. The van der Waals surface area contributed by atoms with E-state index in [4.69, 9.17) is 19.9 Å². The number of ether oxygens (including phenoxy) is 3. The van der Waals surface area contributed by atoms with Gasteiger partial charge in [0.1, 0.15) is 34.5 Å². The molecule has 0 bridgehead atoms. The van der Waals surface area contributed by atoms with Gasteiger partial charge in [0.15, 0.2) is 0 Å². The fourth-order valence-corrected chi connectivity index (χ4v) is 6.35. The SMILES string of the molecule is [CH3-].[Cl][Ru+3].[NH-]C(c1ccccc1)C([N-]S(=O)(=O)Cc1c(Oc2ccccc2)cc(Oc2ccccc2)cc1Oc1ccccc1)c1ccccc1. The van der Waals surface area contributed by atoms with E-state index in [0.717, 1.165) is 0 Å². The third-order valence-corrected chi connectivity index (χ3v) is 8.48. The predicted molar refractivity (Wildman–Crippen MR) is 197 cm³/mol. The van der Waals surface area contributed by atoms with Crippen molar-refractivity contribution in [2.45, 2.75) is 17.8 Å². The molecule has 6 aromatic rings. The summed E-state index contributed by atoms with van der Waals surface area (Å²) in [6.07, 6.45) is 0. The van der Waals surface area contributed by atoms with Gasteiger partial charge in [-0.15, -0.1) is 12.1 Å². The number of hydrogen-bond acceptors (Lipinski definition) is 5. The Labute approximate surface area is 308 Å². The quantitative estimate of drug-likeness (QED) is 0.0856. The Morgan fingerprint density at radius 1 is 0.560 bits per heavy atom. The third-order valence-electron chi connectivity index (χ3n) is 7.28. The summed E-state index contributed by atoms with van der Waals surface area (Å²) in [6.45, 7) is 0. The topological polar surface area (TPSA) is 99.7 Å². The summed E-state index contributed by atoms with van der Waals surface area (Å²) in [5.41, 5.74) is 10.6. The minimum Gasteiger partial charge on any atom is -0.672 e. The van der Waals surface area contributed by atoms with E-state index in [1.165, 1.54) is 0 Å². The largest absolute Gasteiger partial charge is 0.672 e. The number of hydrogen-bond donors (Lipinski definition) is 0. The molecule has 0 fully saturated rings. The van der Waals surface area contributed by atoms with Crippen molar-refractivity contribution < 1.29 is 39.9 Å². The molecule has 256 valence electrons. The first-order valence-electron chi connectivity index (χ1n) is 15.2. The van der Waals surface area contributed by atoms with Crippen LogP contribution in [0.3, 0.4) is 0 Å². The molecule has 1 N–H and O–H groups in total. The normalized spacial score (nSPS) is 11.9. The predicted octanol–water partition coefficient (Wildman–Crippen LogP) is 11.9. The number of benzene rings is 6. The van der Waals surface area contributed by atoms with Crippen LogP contribution >= 0.6 is 9.69 Å². The zero-order valence-corrected chi connectivity index (χ0v) is 30.4. The number of rotatable bonds is 13. The fraction of sp³-hybridized carbons (Fsp3) is 0.0750. The van der Waals surface area contributed by atoms with Gasteiger partial charge >= 0.3 is 27.0 Å². The van der Waals surface area contributed by atoms with E-state index in [0.29, 0.717) is 34.1 Å². The number of halogens is 1. The van der Waals surface area contributed by atoms with E-state index >= 15 is 0 Å². The second-order valence-electron chi connectivity index (χ2n) is 10.7. The summed E-state index contributed by atoms with van der Waals surface area (Å²) in [6, 6.07) is 46.9. The van der Waals surface area contributed by atoms with Gasteiger partial charge in [-0.3, -0.25) is 0 Å². The molecular formula is C40H35ClN2O5RuS. The Bertz CT molecular complexity index is 1930. The van der Waals surface area contributed by atoms with Gasteiger partial charge in [0, 0.05) is 12.1 Å². The Balaban J connectivity index is 0.00000184. The zero-order chi connectivity index (χ0) is 34.5. The molecule has 2 unspecified atom stereocenters. The maximum absolute atomic E-state index is 14.1. The van der Waals surface area contributed by atoms with Crippen LogP contribution in [-0.2, 0) is 33.1 Å². The Kier molecular flexibility index (Phi) is 14.6. The minimum atomic E-state index is -4.23. The number of para-hydroxylation sites is 3. The summed E-state index contributed by atoms with van der Waals surface area (Å²) in [5, 5.41) is 0. The molecule has 0 heterocycles. The first-order valence-corrected chi connectivity index (χ1v) is 19.0. The van der Waals surface area contributed by atoms with Crippen LogP contribution in [0.25, 0.3) is 10.5 Å². The summed E-state index contributed by atoms with van der Waals surface area (Å²) in [5.74, 6) is 1.91. The molecular weight excluding hydrogens is 757 g/mol. The van der Waals surface area contributed by atoms with Crippen LogP contribution in [0.15, 0.2) is 164 Å². The molecule has 50 heavy (non-hydrogen) atoms. The van der Waals surface area contributed by atoms with Crippen molar-refractivity contribution in [1.29, 1.82) is 0 Å². The molecule has 0 aromatic heterocycles. The van der Waals surface area contributed by atoms with Crippen LogP contribution in [0.4, 0.5) is 0 Å². The van der Waals surface area contributed by atoms with Crippen molar-refractivity contribution in [3.8, 4) is 34.5 Å². The zero-order valence-electron chi connectivity index (χ0n) is 27.1. The number of sulfonamides is 1. The van der Waals surface area contributed by atoms with Gasteiger partial charge in [0.05, 0.1) is 21.3 Å². The first kappa shape index (κ1) is 38.3. The molecule has 0 saturated heterocycles. The van der Waals surface area contributed by atoms with Crippen molar-refractivity contribution in [2.75, 3.05) is 0 Å². The smallest absolute Gasteiger partial charge is 0.139 e. The van der Waals surface area contributed by atoms with Crippen LogP contribution < -0.4 is 14.2 Å². The van der Waals surface area contributed by atoms with Crippen LogP contribution in [0.1, 0.15) is 28.8 Å². The fourth-order valence-electron chi connectivity index (χ4n) is 5.03. The molecule has 10 heteroatoms. The first-order chi connectivity index (χ1) is 23.9. The monoisotopic (exact) mass is 792 g/mol. The van der Waals surface area contributed by atoms with E-state index in [-0.39, 0.29) is 24.5 Å². The van der Waals surface area contributed by atoms with E-state index in [2.05, 4.69) is 14.4 Å². The van der Waals surface area contributed by atoms with Crippen molar-refractivity contribution >= 4 is 19.7 Å². The van der Waals surface area contributed by atoms with Gasteiger partial charge in [-0.05, 0) is 36.4 Å². The maximum atomic E-state index is 14.1. The van der Waals surface area contributed by atoms with Crippen LogP contribution in [-0.4, -0.2) is 8.42 Å². The molecule has 0 radical (unpaired) electrons. The van der Waals surface area contributed by atoms with Crippen molar-refractivity contribution in [3.63, 3.8) is 0 Å². The van der Waals surface area contributed by atoms with E-state index in [1.807, 2.05) is 120 Å². The molecule has 0 aliphatic carbocycles. The summed E-state index contributed by atoms with van der Waals surface area (Å²) < 4.78 is 51.4. The van der Waals surface area contributed by atoms with Crippen molar-refractivity contribution in [1.82, 2.24) is 0 Å². The van der Waals surface area contributed by atoms with E-state index < -0.39 is 27.9 Å². The average molecular weight is 792 g/mol. The molecule has 0 saturated carbocycles.